The van der Waals surface area contributed by atoms with Gasteiger partial charge in [0.2, 0.25) is 0 Å². The summed E-state index contributed by atoms with van der Waals surface area (Å²) in [6, 6.07) is 3.54. The first-order valence-electron chi connectivity index (χ1n) is 5.50. The van der Waals surface area contributed by atoms with Gasteiger partial charge in [-0.05, 0) is 36.1 Å². The normalized spacial score (nSPS) is 12.6. The molecule has 0 aliphatic rings. The zero-order valence-electron chi connectivity index (χ0n) is 9.45. The van der Waals surface area contributed by atoms with Gasteiger partial charge in [-0.15, -0.1) is 0 Å². The number of nitrogens with zero attached hydrogens (tertiary/aromatic N) is 2. The van der Waals surface area contributed by atoms with Crippen molar-refractivity contribution in [2.24, 2.45) is 0 Å². The molecule has 2 rings (SSSR count). The number of hydrogen-bond acceptors (Lipinski definition) is 2. The minimum atomic E-state index is -0.417. The Morgan fingerprint density at radius 2 is 2.18 bits per heavy atom. The number of nitrogens with one attached hydrogen (secondary N) is 1. The number of aromatic nitrogens is 3. The zero-order valence-corrected chi connectivity index (χ0v) is 9.45. The van der Waals surface area contributed by atoms with Crippen molar-refractivity contribution in [3.63, 3.8) is 0 Å². The van der Waals surface area contributed by atoms with E-state index in [4.69, 9.17) is 0 Å². The molecule has 0 amide bonds. The lowest BCUT2D eigenvalue weighted by Crippen LogP contribution is -2.05. The van der Waals surface area contributed by atoms with Crippen molar-refractivity contribution >= 4 is 0 Å². The third-order valence-electron chi connectivity index (χ3n) is 2.81. The monoisotopic (exact) mass is 237 g/mol. The zero-order chi connectivity index (χ0) is 12.3. The predicted octanol–water partition coefficient (Wildman–Crippen LogP) is 2.82. The van der Waals surface area contributed by atoms with E-state index < -0.39 is 5.82 Å². The third kappa shape index (κ3) is 2.67. The fraction of sp³-hybridized carbons (Fsp3) is 0.333. The van der Waals surface area contributed by atoms with E-state index in [1.165, 1.54) is 6.07 Å². The molecule has 1 unspecified atom stereocenters. The van der Waals surface area contributed by atoms with E-state index in [1.54, 1.807) is 6.20 Å². The van der Waals surface area contributed by atoms with E-state index >= 15 is 0 Å². The summed E-state index contributed by atoms with van der Waals surface area (Å²) in [5, 5.41) is 10.1. The van der Waals surface area contributed by atoms with Crippen molar-refractivity contribution in [2.45, 2.75) is 25.7 Å². The van der Waals surface area contributed by atoms with Crippen LogP contribution in [0.25, 0.3) is 0 Å². The van der Waals surface area contributed by atoms with Gasteiger partial charge in [-0.3, -0.25) is 0 Å². The first-order chi connectivity index (χ1) is 8.20. The van der Waals surface area contributed by atoms with E-state index in [0.717, 1.165) is 17.8 Å². The largest absolute Gasteiger partial charge is 0.207 e. The van der Waals surface area contributed by atoms with Gasteiger partial charge in [-0.2, -0.15) is 15.4 Å². The number of halogens is 2. The Balaban J connectivity index is 2.25. The lowest BCUT2D eigenvalue weighted by molar-refractivity contribution is 0.546. The van der Waals surface area contributed by atoms with Crippen LogP contribution in [-0.4, -0.2) is 15.4 Å². The summed E-state index contributed by atoms with van der Waals surface area (Å²) in [5.41, 5.74) is 1.15. The van der Waals surface area contributed by atoms with Gasteiger partial charge in [0, 0.05) is 6.42 Å². The van der Waals surface area contributed by atoms with Crippen LogP contribution in [-0.2, 0) is 6.42 Å². The summed E-state index contributed by atoms with van der Waals surface area (Å²) in [5.74, 6) is -0.877. The summed E-state index contributed by atoms with van der Waals surface area (Å²) >= 11 is 0. The van der Waals surface area contributed by atoms with E-state index in [1.807, 2.05) is 6.92 Å². The van der Waals surface area contributed by atoms with E-state index in [9.17, 15) is 8.78 Å². The predicted molar refractivity (Wildman–Crippen MR) is 59.5 cm³/mol. The van der Waals surface area contributed by atoms with Gasteiger partial charge in [0.1, 0.15) is 11.6 Å². The molecule has 0 spiro atoms. The Hall–Kier alpha value is -1.78. The molecule has 1 aromatic heterocycles. The van der Waals surface area contributed by atoms with Crippen LogP contribution in [0, 0.1) is 11.6 Å². The second-order valence-electron chi connectivity index (χ2n) is 3.94. The molecule has 0 aliphatic heterocycles. The van der Waals surface area contributed by atoms with Crippen molar-refractivity contribution in [1.82, 2.24) is 15.4 Å². The summed E-state index contributed by atoms with van der Waals surface area (Å²) in [4.78, 5) is 0. The average molecular weight is 237 g/mol. The van der Waals surface area contributed by atoms with Crippen LogP contribution in [0.15, 0.2) is 24.4 Å². The van der Waals surface area contributed by atoms with Crippen LogP contribution in [0.1, 0.15) is 30.5 Å². The third-order valence-corrected chi connectivity index (χ3v) is 2.81. The second-order valence-corrected chi connectivity index (χ2v) is 3.94. The van der Waals surface area contributed by atoms with Crippen LogP contribution in [0.2, 0.25) is 0 Å². The molecule has 3 nitrogen and oxygen atoms in total. The summed E-state index contributed by atoms with van der Waals surface area (Å²) < 4.78 is 26.7. The number of hydrogen-bond donors (Lipinski definition) is 1. The SMILES string of the molecule is CCC(Cc1cn[nH]n1)c1cc(F)ccc1F. The van der Waals surface area contributed by atoms with Gasteiger partial charge < -0.3 is 0 Å². The Morgan fingerprint density at radius 3 is 2.82 bits per heavy atom. The maximum atomic E-state index is 13.6. The molecule has 1 N–H and O–H groups in total. The van der Waals surface area contributed by atoms with Crippen LogP contribution >= 0.6 is 0 Å². The number of rotatable bonds is 4. The van der Waals surface area contributed by atoms with Crippen molar-refractivity contribution in [3.05, 3.63) is 47.3 Å². The van der Waals surface area contributed by atoms with Gasteiger partial charge in [0.15, 0.2) is 0 Å². The molecule has 0 aliphatic carbocycles. The molecule has 0 saturated carbocycles. The van der Waals surface area contributed by atoms with E-state index in [-0.39, 0.29) is 11.7 Å². The molecular formula is C12H13F2N3. The molecule has 1 atom stereocenters. The number of aromatic amines is 1. The second kappa shape index (κ2) is 5.03. The highest BCUT2D eigenvalue weighted by Crippen LogP contribution is 2.26. The van der Waals surface area contributed by atoms with Gasteiger partial charge >= 0.3 is 0 Å². The van der Waals surface area contributed by atoms with E-state index in [2.05, 4.69) is 15.4 Å². The molecule has 1 aromatic carbocycles. The van der Waals surface area contributed by atoms with Crippen LogP contribution in [0.3, 0.4) is 0 Å². The van der Waals surface area contributed by atoms with Crippen LogP contribution in [0.5, 0.6) is 0 Å². The molecular weight excluding hydrogens is 224 g/mol. The Bertz CT molecular complexity index is 483. The molecule has 5 heteroatoms. The highest BCUT2D eigenvalue weighted by molar-refractivity contribution is 5.24. The summed E-state index contributed by atoms with van der Waals surface area (Å²) in [6.07, 6.45) is 2.86. The molecule has 2 aromatic rings. The first-order valence-corrected chi connectivity index (χ1v) is 5.50. The summed E-state index contributed by atoms with van der Waals surface area (Å²) in [7, 11) is 0. The Kier molecular flexibility index (Phi) is 3.46. The van der Waals surface area contributed by atoms with Gasteiger partial charge in [0.25, 0.3) is 0 Å². The van der Waals surface area contributed by atoms with Crippen LogP contribution in [0.4, 0.5) is 8.78 Å². The van der Waals surface area contributed by atoms with Crippen molar-refractivity contribution in [3.8, 4) is 0 Å². The maximum Gasteiger partial charge on any atom is 0.126 e. The maximum absolute atomic E-state index is 13.6. The molecule has 90 valence electrons. The quantitative estimate of drug-likeness (QED) is 0.888. The molecule has 0 radical (unpaired) electrons. The number of H-pyrrole nitrogens is 1. The highest BCUT2D eigenvalue weighted by atomic mass is 19.1. The molecule has 1 heterocycles. The molecule has 0 fully saturated rings. The topological polar surface area (TPSA) is 41.6 Å². The van der Waals surface area contributed by atoms with Gasteiger partial charge in [-0.25, -0.2) is 8.78 Å². The smallest absolute Gasteiger partial charge is 0.126 e. The van der Waals surface area contributed by atoms with Crippen molar-refractivity contribution in [2.75, 3.05) is 0 Å². The van der Waals surface area contributed by atoms with Crippen molar-refractivity contribution in [1.29, 1.82) is 0 Å². The standard InChI is InChI=1S/C12H13F2N3/c1-2-8(5-10-7-15-17-16-10)11-6-9(13)3-4-12(11)14/h3-4,6-8H,2,5H2,1H3,(H,15,16,17). The molecule has 0 bridgehead atoms. The first kappa shape index (κ1) is 11.7. The molecule has 0 saturated heterocycles. The lowest BCUT2D eigenvalue weighted by atomic mass is 9.91. The van der Waals surface area contributed by atoms with E-state index in [0.29, 0.717) is 18.4 Å². The summed E-state index contributed by atoms with van der Waals surface area (Å²) in [6.45, 7) is 1.94. The fourth-order valence-corrected chi connectivity index (χ4v) is 1.88. The van der Waals surface area contributed by atoms with Crippen molar-refractivity contribution < 1.29 is 8.78 Å². The van der Waals surface area contributed by atoms with Gasteiger partial charge in [0.05, 0.1) is 11.9 Å². The fourth-order valence-electron chi connectivity index (χ4n) is 1.88. The molecule has 17 heavy (non-hydrogen) atoms. The Labute approximate surface area is 97.9 Å². The minimum Gasteiger partial charge on any atom is -0.207 e. The minimum absolute atomic E-state index is 0.0872. The van der Waals surface area contributed by atoms with Gasteiger partial charge in [-0.1, -0.05) is 6.92 Å². The highest BCUT2D eigenvalue weighted by Gasteiger charge is 2.16. The average Bonchev–Trinajstić information content (AvgIpc) is 2.82. The lowest BCUT2D eigenvalue weighted by Gasteiger charge is -2.14. The Morgan fingerprint density at radius 1 is 1.35 bits per heavy atom. The number of benzene rings is 1. The van der Waals surface area contributed by atoms with Crippen LogP contribution < -0.4 is 0 Å².